The van der Waals surface area contributed by atoms with Gasteiger partial charge < -0.3 is 9.64 Å². The summed E-state index contributed by atoms with van der Waals surface area (Å²) in [7, 11) is 0. The molecule has 2 aromatic carbocycles. The molecule has 2 aromatic rings. The van der Waals surface area contributed by atoms with E-state index in [1.54, 1.807) is 11.8 Å². The van der Waals surface area contributed by atoms with Gasteiger partial charge in [-0.1, -0.05) is 48.0 Å². The Kier molecular flexibility index (Phi) is 6.75. The number of hydrogen-bond acceptors (Lipinski definition) is 3. The molecule has 0 bridgehead atoms. The van der Waals surface area contributed by atoms with Crippen LogP contribution in [0.4, 0.5) is 0 Å². The predicted octanol–water partition coefficient (Wildman–Crippen LogP) is 4.15. The Balaban J connectivity index is 2.24. The van der Waals surface area contributed by atoms with Crippen molar-refractivity contribution >= 4 is 11.9 Å². The van der Waals surface area contributed by atoms with Crippen molar-refractivity contribution in [3.05, 3.63) is 71.3 Å². The van der Waals surface area contributed by atoms with Gasteiger partial charge in [-0.2, -0.15) is 0 Å². The van der Waals surface area contributed by atoms with E-state index < -0.39 is 0 Å². The smallest absolute Gasteiger partial charge is 0.307 e. The molecule has 4 nitrogen and oxygen atoms in total. The number of benzene rings is 2. The SMILES string of the molecule is CCOC(=O)CCN(C(=O)c1cccc(C)c1)C(C)c1ccccc1. The summed E-state index contributed by atoms with van der Waals surface area (Å²) in [5.41, 5.74) is 2.70. The highest BCUT2D eigenvalue weighted by atomic mass is 16.5. The van der Waals surface area contributed by atoms with E-state index in [2.05, 4.69) is 0 Å². The van der Waals surface area contributed by atoms with E-state index in [4.69, 9.17) is 4.74 Å². The number of aryl methyl sites for hydroxylation is 1. The first-order valence-electron chi connectivity index (χ1n) is 8.61. The molecule has 4 heteroatoms. The number of carbonyl (C=O) groups excluding carboxylic acids is 2. The van der Waals surface area contributed by atoms with Crippen molar-refractivity contribution < 1.29 is 14.3 Å². The monoisotopic (exact) mass is 339 g/mol. The molecule has 25 heavy (non-hydrogen) atoms. The standard InChI is InChI=1S/C21H25NO3/c1-4-25-20(23)13-14-22(17(3)18-10-6-5-7-11-18)21(24)19-12-8-9-16(2)15-19/h5-12,15,17H,4,13-14H2,1-3H3. The lowest BCUT2D eigenvalue weighted by molar-refractivity contribution is -0.143. The molecule has 1 amide bonds. The number of hydrogen-bond donors (Lipinski definition) is 0. The highest BCUT2D eigenvalue weighted by molar-refractivity contribution is 5.94. The van der Waals surface area contributed by atoms with Crippen molar-refractivity contribution in [3.8, 4) is 0 Å². The van der Waals surface area contributed by atoms with Gasteiger partial charge in [0.25, 0.3) is 5.91 Å². The van der Waals surface area contributed by atoms with Gasteiger partial charge in [-0.25, -0.2) is 0 Å². The topological polar surface area (TPSA) is 46.6 Å². The average molecular weight is 339 g/mol. The summed E-state index contributed by atoms with van der Waals surface area (Å²) >= 11 is 0. The normalized spacial score (nSPS) is 11.6. The molecular formula is C21H25NO3. The van der Waals surface area contributed by atoms with Crippen LogP contribution in [0.25, 0.3) is 0 Å². The van der Waals surface area contributed by atoms with Gasteiger partial charge in [0.15, 0.2) is 0 Å². The van der Waals surface area contributed by atoms with E-state index in [-0.39, 0.29) is 24.3 Å². The second-order valence-electron chi connectivity index (χ2n) is 6.01. The summed E-state index contributed by atoms with van der Waals surface area (Å²) in [6.45, 7) is 6.38. The number of nitrogens with zero attached hydrogens (tertiary/aromatic N) is 1. The van der Waals surface area contributed by atoms with Crippen LogP contribution < -0.4 is 0 Å². The first-order valence-corrected chi connectivity index (χ1v) is 8.61. The molecular weight excluding hydrogens is 314 g/mol. The third-order valence-electron chi connectivity index (χ3n) is 4.14. The Labute approximate surface area is 149 Å². The van der Waals surface area contributed by atoms with Crippen LogP contribution in [0, 0.1) is 6.92 Å². The van der Waals surface area contributed by atoms with Crippen LogP contribution in [0.3, 0.4) is 0 Å². The molecule has 0 aromatic heterocycles. The number of esters is 1. The Morgan fingerprint density at radius 1 is 1.08 bits per heavy atom. The fourth-order valence-electron chi connectivity index (χ4n) is 2.77. The third kappa shape index (κ3) is 5.18. The minimum Gasteiger partial charge on any atom is -0.466 e. The molecule has 0 saturated carbocycles. The van der Waals surface area contributed by atoms with Crippen molar-refractivity contribution in [1.82, 2.24) is 4.90 Å². The zero-order chi connectivity index (χ0) is 18.2. The molecule has 0 spiro atoms. The molecule has 0 aliphatic carbocycles. The lowest BCUT2D eigenvalue weighted by Gasteiger charge is -2.29. The van der Waals surface area contributed by atoms with Crippen LogP contribution in [0.5, 0.6) is 0 Å². The molecule has 1 atom stereocenters. The van der Waals surface area contributed by atoms with E-state index in [1.807, 2.05) is 68.4 Å². The first-order chi connectivity index (χ1) is 12.0. The van der Waals surface area contributed by atoms with Crippen molar-refractivity contribution in [2.75, 3.05) is 13.2 Å². The van der Waals surface area contributed by atoms with Crippen LogP contribution in [0.2, 0.25) is 0 Å². The maximum absolute atomic E-state index is 13.1. The van der Waals surface area contributed by atoms with E-state index in [0.717, 1.165) is 11.1 Å². The largest absolute Gasteiger partial charge is 0.466 e. The maximum Gasteiger partial charge on any atom is 0.307 e. The minimum absolute atomic E-state index is 0.0793. The number of amides is 1. The fourth-order valence-corrected chi connectivity index (χ4v) is 2.77. The van der Waals surface area contributed by atoms with Crippen molar-refractivity contribution in [2.24, 2.45) is 0 Å². The van der Waals surface area contributed by atoms with E-state index in [9.17, 15) is 9.59 Å². The van der Waals surface area contributed by atoms with Crippen LogP contribution in [0.15, 0.2) is 54.6 Å². The number of ether oxygens (including phenoxy) is 1. The van der Waals surface area contributed by atoms with Crippen molar-refractivity contribution in [2.45, 2.75) is 33.2 Å². The van der Waals surface area contributed by atoms with Gasteiger partial charge in [-0.3, -0.25) is 9.59 Å². The molecule has 1 unspecified atom stereocenters. The summed E-state index contributed by atoms with van der Waals surface area (Å²) in [4.78, 5) is 26.6. The summed E-state index contributed by atoms with van der Waals surface area (Å²) in [5.74, 6) is -0.367. The zero-order valence-corrected chi connectivity index (χ0v) is 15.1. The van der Waals surface area contributed by atoms with Crippen molar-refractivity contribution in [3.63, 3.8) is 0 Å². The minimum atomic E-state index is -0.287. The molecule has 2 rings (SSSR count). The third-order valence-corrected chi connectivity index (χ3v) is 4.14. The average Bonchev–Trinajstić information content (AvgIpc) is 2.62. The van der Waals surface area contributed by atoms with Crippen LogP contribution in [0.1, 0.15) is 47.8 Å². The van der Waals surface area contributed by atoms with Crippen molar-refractivity contribution in [1.29, 1.82) is 0 Å². The highest BCUT2D eigenvalue weighted by Crippen LogP contribution is 2.23. The predicted molar refractivity (Wildman–Crippen MR) is 98.3 cm³/mol. The molecule has 0 fully saturated rings. The number of carbonyl (C=O) groups is 2. The van der Waals surface area contributed by atoms with Gasteiger partial charge in [-0.15, -0.1) is 0 Å². The summed E-state index contributed by atoms with van der Waals surface area (Å²) in [6, 6.07) is 17.2. The Morgan fingerprint density at radius 3 is 2.44 bits per heavy atom. The zero-order valence-electron chi connectivity index (χ0n) is 15.1. The lowest BCUT2D eigenvalue weighted by atomic mass is 10.0. The molecule has 0 N–H and O–H groups in total. The van der Waals surface area contributed by atoms with Crippen LogP contribution in [-0.2, 0) is 9.53 Å². The quantitative estimate of drug-likeness (QED) is 0.712. The molecule has 132 valence electrons. The number of rotatable bonds is 7. The highest BCUT2D eigenvalue weighted by Gasteiger charge is 2.23. The van der Waals surface area contributed by atoms with Gasteiger partial charge in [-0.05, 0) is 38.5 Å². The fraction of sp³-hybridized carbons (Fsp3) is 0.333. The van der Waals surface area contributed by atoms with E-state index >= 15 is 0 Å². The Bertz CT molecular complexity index is 712. The van der Waals surface area contributed by atoms with E-state index in [1.165, 1.54) is 0 Å². The van der Waals surface area contributed by atoms with Crippen LogP contribution >= 0.6 is 0 Å². The summed E-state index contributed by atoms with van der Waals surface area (Å²) in [6.07, 6.45) is 0.183. The Morgan fingerprint density at radius 2 is 1.80 bits per heavy atom. The van der Waals surface area contributed by atoms with Gasteiger partial charge >= 0.3 is 5.97 Å². The summed E-state index contributed by atoms with van der Waals surface area (Å²) in [5, 5.41) is 0. The second-order valence-corrected chi connectivity index (χ2v) is 6.01. The molecule has 0 heterocycles. The Hall–Kier alpha value is -2.62. The van der Waals surface area contributed by atoms with Gasteiger partial charge in [0.2, 0.25) is 0 Å². The molecule has 0 radical (unpaired) electrons. The van der Waals surface area contributed by atoms with Gasteiger partial charge in [0.1, 0.15) is 0 Å². The lowest BCUT2D eigenvalue weighted by Crippen LogP contribution is -2.35. The van der Waals surface area contributed by atoms with Gasteiger partial charge in [0.05, 0.1) is 19.1 Å². The molecule has 0 saturated heterocycles. The maximum atomic E-state index is 13.1. The van der Waals surface area contributed by atoms with E-state index in [0.29, 0.717) is 18.7 Å². The summed E-state index contributed by atoms with van der Waals surface area (Å²) < 4.78 is 5.01. The molecule has 0 aliphatic rings. The van der Waals surface area contributed by atoms with Crippen LogP contribution in [-0.4, -0.2) is 29.9 Å². The first kappa shape index (κ1) is 18.7. The second kappa shape index (κ2) is 9.02. The molecule has 0 aliphatic heterocycles. The van der Waals surface area contributed by atoms with Gasteiger partial charge in [0, 0.05) is 12.1 Å².